The van der Waals surface area contributed by atoms with Crippen molar-refractivity contribution < 1.29 is 0 Å². The van der Waals surface area contributed by atoms with Crippen molar-refractivity contribution in [2.45, 2.75) is 38.8 Å². The second-order valence-electron chi connectivity index (χ2n) is 5.01. The van der Waals surface area contributed by atoms with Crippen molar-refractivity contribution in [1.29, 1.82) is 0 Å². The zero-order valence-corrected chi connectivity index (χ0v) is 11.3. The number of hydrogen-bond acceptors (Lipinski definition) is 3. The Morgan fingerprint density at radius 2 is 2.20 bits per heavy atom. The lowest BCUT2D eigenvalue weighted by atomic mass is 10.1. The van der Waals surface area contributed by atoms with Gasteiger partial charge in [0.1, 0.15) is 0 Å². The number of rotatable bonds is 3. The van der Waals surface area contributed by atoms with Crippen LogP contribution in [0.1, 0.15) is 27.2 Å². The van der Waals surface area contributed by atoms with Gasteiger partial charge in [-0.3, -0.25) is 4.99 Å². The van der Waals surface area contributed by atoms with E-state index in [1.807, 2.05) is 11.8 Å². The first-order chi connectivity index (χ1) is 6.92. The fourth-order valence-electron chi connectivity index (χ4n) is 1.15. The van der Waals surface area contributed by atoms with Crippen LogP contribution >= 0.6 is 11.8 Å². The van der Waals surface area contributed by atoms with Crippen LogP contribution in [0.25, 0.3) is 0 Å². The van der Waals surface area contributed by atoms with Crippen LogP contribution in [0.3, 0.4) is 0 Å². The normalized spacial score (nSPS) is 25.7. The highest BCUT2D eigenvalue weighted by atomic mass is 32.2. The van der Waals surface area contributed by atoms with Gasteiger partial charge in [0.05, 0.1) is 6.54 Å². The molecule has 1 saturated heterocycles. The molecule has 1 heterocycles. The third-order valence-electron chi connectivity index (χ3n) is 2.98. The minimum Gasteiger partial charge on any atom is -0.362 e. The van der Waals surface area contributed by atoms with Gasteiger partial charge in [-0.1, -0.05) is 11.8 Å². The topological polar surface area (TPSA) is 27.6 Å². The molecule has 0 radical (unpaired) electrons. The first-order valence-corrected chi connectivity index (χ1v) is 6.51. The predicted octanol–water partition coefficient (Wildman–Crippen LogP) is 1.80. The molecule has 0 aromatic carbocycles. The predicted molar refractivity (Wildman–Crippen MR) is 69.7 cm³/mol. The summed E-state index contributed by atoms with van der Waals surface area (Å²) in [5.74, 6) is 1.19. The van der Waals surface area contributed by atoms with Crippen molar-refractivity contribution in [1.82, 2.24) is 10.2 Å². The van der Waals surface area contributed by atoms with E-state index in [9.17, 15) is 0 Å². The van der Waals surface area contributed by atoms with Gasteiger partial charge in [0.15, 0.2) is 5.17 Å². The molecule has 1 rings (SSSR count). The van der Waals surface area contributed by atoms with E-state index >= 15 is 0 Å². The van der Waals surface area contributed by atoms with Crippen LogP contribution in [0.4, 0.5) is 0 Å². The molecule has 0 saturated carbocycles. The van der Waals surface area contributed by atoms with E-state index in [4.69, 9.17) is 0 Å². The summed E-state index contributed by atoms with van der Waals surface area (Å²) in [6, 6.07) is 0.576. The van der Waals surface area contributed by atoms with Crippen molar-refractivity contribution in [2.24, 2.45) is 4.99 Å². The zero-order chi connectivity index (χ0) is 11.5. The molecule has 0 aromatic rings. The fourth-order valence-corrected chi connectivity index (χ4v) is 2.26. The van der Waals surface area contributed by atoms with Gasteiger partial charge in [-0.15, -0.1) is 0 Å². The molecule has 4 heteroatoms. The summed E-state index contributed by atoms with van der Waals surface area (Å²) in [7, 11) is 4.20. The molecule has 1 aliphatic heterocycles. The van der Waals surface area contributed by atoms with E-state index in [1.165, 1.54) is 12.2 Å². The lowest BCUT2D eigenvalue weighted by Gasteiger charge is -2.31. The van der Waals surface area contributed by atoms with Crippen molar-refractivity contribution in [3.05, 3.63) is 0 Å². The van der Waals surface area contributed by atoms with Gasteiger partial charge < -0.3 is 10.2 Å². The van der Waals surface area contributed by atoms with Gasteiger partial charge in [0.25, 0.3) is 0 Å². The number of thioether (sulfide) groups is 1. The highest BCUT2D eigenvalue weighted by Crippen LogP contribution is 2.16. The van der Waals surface area contributed by atoms with Gasteiger partial charge in [0, 0.05) is 17.3 Å². The summed E-state index contributed by atoms with van der Waals surface area (Å²) in [4.78, 5) is 6.87. The Hall–Kier alpha value is -0.220. The van der Waals surface area contributed by atoms with E-state index in [-0.39, 0.29) is 5.54 Å². The van der Waals surface area contributed by atoms with E-state index < -0.39 is 0 Å². The number of likely N-dealkylation sites (N-methyl/N-ethyl adjacent to an activating group) is 1. The maximum absolute atomic E-state index is 4.65. The summed E-state index contributed by atoms with van der Waals surface area (Å²) in [6.45, 7) is 7.50. The van der Waals surface area contributed by atoms with Crippen molar-refractivity contribution in [3.63, 3.8) is 0 Å². The molecule has 1 N–H and O–H groups in total. The Balaban J connectivity index is 2.49. The molecule has 0 spiro atoms. The maximum Gasteiger partial charge on any atom is 0.156 e. The largest absolute Gasteiger partial charge is 0.362 e. The van der Waals surface area contributed by atoms with E-state index in [0.717, 1.165) is 11.7 Å². The highest BCUT2D eigenvalue weighted by molar-refractivity contribution is 8.13. The quantitative estimate of drug-likeness (QED) is 0.799. The van der Waals surface area contributed by atoms with Gasteiger partial charge in [-0.2, -0.15) is 0 Å². The van der Waals surface area contributed by atoms with Crippen molar-refractivity contribution in [2.75, 3.05) is 26.4 Å². The van der Waals surface area contributed by atoms with E-state index in [1.54, 1.807) is 0 Å². The number of nitrogens with zero attached hydrogens (tertiary/aromatic N) is 2. The monoisotopic (exact) mass is 229 g/mol. The third-order valence-corrected chi connectivity index (χ3v) is 3.94. The Kier molecular flexibility index (Phi) is 4.46. The fraction of sp³-hybridized carbons (Fsp3) is 0.909. The highest BCUT2D eigenvalue weighted by Gasteiger charge is 2.21. The van der Waals surface area contributed by atoms with Crippen LogP contribution in [0.15, 0.2) is 4.99 Å². The van der Waals surface area contributed by atoms with E-state index in [0.29, 0.717) is 6.04 Å². The Labute approximate surface area is 97.7 Å². The van der Waals surface area contributed by atoms with Crippen LogP contribution in [-0.4, -0.2) is 48.0 Å². The number of amidine groups is 1. The summed E-state index contributed by atoms with van der Waals surface area (Å²) < 4.78 is 0. The molecule has 0 aliphatic carbocycles. The maximum atomic E-state index is 4.65. The SMILES string of the molecule is CC1CCSC(=NCC(C)(C)N(C)C)N1. The summed E-state index contributed by atoms with van der Waals surface area (Å²) in [5, 5.41) is 4.54. The second kappa shape index (κ2) is 5.21. The summed E-state index contributed by atoms with van der Waals surface area (Å²) in [5.41, 5.74) is 0.135. The van der Waals surface area contributed by atoms with Gasteiger partial charge in [0.2, 0.25) is 0 Å². The molecule has 0 amide bonds. The van der Waals surface area contributed by atoms with Crippen molar-refractivity contribution in [3.8, 4) is 0 Å². The molecule has 88 valence electrons. The summed E-state index contributed by atoms with van der Waals surface area (Å²) >= 11 is 1.84. The molecule has 1 atom stereocenters. The molecule has 1 aliphatic rings. The molecule has 1 unspecified atom stereocenters. The Bertz CT molecular complexity index is 236. The third kappa shape index (κ3) is 4.03. The molecule has 0 bridgehead atoms. The van der Waals surface area contributed by atoms with Crippen LogP contribution in [0.5, 0.6) is 0 Å². The van der Waals surface area contributed by atoms with Gasteiger partial charge in [-0.05, 0) is 41.3 Å². The molecular weight excluding hydrogens is 206 g/mol. The molecule has 0 aromatic heterocycles. The van der Waals surface area contributed by atoms with E-state index in [2.05, 4.69) is 50.1 Å². The number of hydrogen-bond donors (Lipinski definition) is 1. The average Bonchev–Trinajstić information content (AvgIpc) is 2.15. The lowest BCUT2D eigenvalue weighted by Crippen LogP contribution is -2.42. The number of aliphatic imine (C=N–C) groups is 1. The van der Waals surface area contributed by atoms with Crippen molar-refractivity contribution >= 4 is 16.9 Å². The number of nitrogens with one attached hydrogen (secondary N) is 1. The van der Waals surface area contributed by atoms with Gasteiger partial charge >= 0.3 is 0 Å². The smallest absolute Gasteiger partial charge is 0.156 e. The average molecular weight is 229 g/mol. The molecule has 1 fully saturated rings. The first kappa shape index (κ1) is 12.8. The molecule has 15 heavy (non-hydrogen) atoms. The zero-order valence-electron chi connectivity index (χ0n) is 10.5. The van der Waals surface area contributed by atoms with Crippen LogP contribution in [-0.2, 0) is 0 Å². The Morgan fingerprint density at radius 1 is 1.53 bits per heavy atom. The second-order valence-corrected chi connectivity index (χ2v) is 6.09. The van der Waals surface area contributed by atoms with Crippen LogP contribution < -0.4 is 5.32 Å². The molecule has 3 nitrogen and oxygen atoms in total. The van der Waals surface area contributed by atoms with Gasteiger partial charge in [-0.25, -0.2) is 0 Å². The molecular formula is C11H23N3S. The van der Waals surface area contributed by atoms with Crippen LogP contribution in [0, 0.1) is 0 Å². The van der Waals surface area contributed by atoms with Crippen LogP contribution in [0.2, 0.25) is 0 Å². The standard InChI is InChI=1S/C11H23N3S/c1-9-6-7-15-10(13-9)12-8-11(2,3)14(4)5/h9H,6-8H2,1-5H3,(H,12,13). The first-order valence-electron chi connectivity index (χ1n) is 5.53. The minimum absolute atomic E-state index is 0.135. The summed E-state index contributed by atoms with van der Waals surface area (Å²) in [6.07, 6.45) is 1.24. The minimum atomic E-state index is 0.135. The lowest BCUT2D eigenvalue weighted by molar-refractivity contribution is 0.205. The Morgan fingerprint density at radius 3 is 2.73 bits per heavy atom.